The number of ether oxygens (including phenoxy) is 2. The fraction of sp³-hybridized carbons (Fsp3) is 0.400. The van der Waals surface area contributed by atoms with Gasteiger partial charge >= 0.3 is 0 Å². The monoisotopic (exact) mass is 478 g/mol. The van der Waals surface area contributed by atoms with Gasteiger partial charge in [0.1, 0.15) is 24.2 Å². The Morgan fingerprint density at radius 2 is 2.06 bits per heavy atom. The molecular weight excluding hydrogens is 441 g/mol. The number of carbonyl (C=O) groups is 3. The van der Waals surface area contributed by atoms with Gasteiger partial charge in [-0.1, -0.05) is 12.1 Å². The van der Waals surface area contributed by atoms with Crippen molar-refractivity contribution in [1.29, 1.82) is 0 Å². The number of fused-ring (bicyclic) bond motifs is 1. The summed E-state index contributed by atoms with van der Waals surface area (Å²) in [5, 5.41) is 1.56. The Morgan fingerprint density at radius 1 is 1.24 bits per heavy atom. The van der Waals surface area contributed by atoms with E-state index in [4.69, 9.17) is 24.6 Å². The maximum absolute atomic E-state index is 15.3. The van der Waals surface area contributed by atoms with Crippen LogP contribution in [0.25, 0.3) is 0 Å². The predicted octanol–water partition coefficient (Wildman–Crippen LogP) is 2.00. The molecule has 0 aliphatic carbocycles. The quantitative estimate of drug-likeness (QED) is 0.639. The van der Waals surface area contributed by atoms with Gasteiger partial charge in [-0.2, -0.15) is 0 Å². The molecule has 9 heteroatoms. The zero-order chi connectivity index (χ0) is 33.4. The van der Waals surface area contributed by atoms with Gasteiger partial charge in [0.05, 0.1) is 29.4 Å². The van der Waals surface area contributed by atoms with Crippen LogP contribution in [-0.2, 0) is 34.0 Å². The minimum Gasteiger partial charge on any atom is -0.488 e. The minimum atomic E-state index is -3.61. The molecular formula is C25H26FN3O5. The number of hydrogen-bond acceptors (Lipinski definition) is 6. The smallest absolute Gasteiger partial charge is 0.255 e. The summed E-state index contributed by atoms with van der Waals surface area (Å²) in [6.45, 7) is 0.0789. The molecule has 8 nitrogen and oxygen atoms in total. The average Bonchev–Trinajstić information content (AvgIpc) is 3.34. The number of morpholine rings is 1. The number of benzene rings is 2. The molecule has 1 unspecified atom stereocenters. The maximum atomic E-state index is 15.3. The summed E-state index contributed by atoms with van der Waals surface area (Å²) in [7, 11) is 0. The molecule has 178 valence electrons. The van der Waals surface area contributed by atoms with E-state index in [9.17, 15) is 14.4 Å². The highest BCUT2D eigenvalue weighted by molar-refractivity contribution is 6.05. The number of rotatable bonds is 6. The largest absolute Gasteiger partial charge is 0.488 e. The highest BCUT2D eigenvalue weighted by Gasteiger charge is 2.40. The van der Waals surface area contributed by atoms with Crippen LogP contribution < -0.4 is 10.1 Å². The van der Waals surface area contributed by atoms with Gasteiger partial charge in [-0.25, -0.2) is 4.39 Å². The van der Waals surface area contributed by atoms with Gasteiger partial charge in [0.2, 0.25) is 11.8 Å². The number of nitrogens with zero attached hydrogens (tertiary/aromatic N) is 2. The molecule has 0 radical (unpaired) electrons. The summed E-state index contributed by atoms with van der Waals surface area (Å²) in [5.74, 6) is -6.50. The highest BCUT2D eigenvalue weighted by atomic mass is 19.1. The zero-order valence-electron chi connectivity index (χ0n) is 28.8. The Labute approximate surface area is 212 Å². The average molecular weight is 479 g/mol. The van der Waals surface area contributed by atoms with E-state index in [1.54, 1.807) is 5.32 Å². The van der Waals surface area contributed by atoms with Crippen LogP contribution in [0.15, 0.2) is 36.3 Å². The standard InChI is InChI=1S/C25H26FN3O5/c26-20-5-4-16(13-28-8-10-33-11-9-28)12-17(20)15-34-22-3-1-2-18-19(22)14-29(25(18)32)21-6-7-23(30)27-24(21)31/h1-5,12,21H,6-11,13-15H2,(H,27,30,31)/i1D,2D,3D,4D,5D,6D2,7D2,12D,21D. The summed E-state index contributed by atoms with van der Waals surface area (Å²) in [5.41, 5.74) is -1.45. The maximum Gasteiger partial charge on any atom is 0.255 e. The molecule has 34 heavy (non-hydrogen) atoms. The van der Waals surface area contributed by atoms with Gasteiger partial charge in [0.25, 0.3) is 5.91 Å². The van der Waals surface area contributed by atoms with E-state index in [1.807, 2.05) is 4.90 Å². The number of nitrogens with one attached hydrogen (secondary N) is 1. The topological polar surface area (TPSA) is 88.2 Å². The third kappa shape index (κ3) is 4.53. The first-order valence-electron chi connectivity index (χ1n) is 15.9. The van der Waals surface area contributed by atoms with Crippen molar-refractivity contribution in [1.82, 2.24) is 15.1 Å². The van der Waals surface area contributed by atoms with E-state index in [2.05, 4.69) is 0 Å². The Hall–Kier alpha value is -3.30. The fourth-order valence-corrected chi connectivity index (χ4v) is 3.75. The van der Waals surface area contributed by atoms with Crippen LogP contribution in [0, 0.1) is 5.82 Å². The summed E-state index contributed by atoms with van der Waals surface area (Å²) >= 11 is 0. The summed E-state index contributed by atoms with van der Waals surface area (Å²) < 4.78 is 117. The molecule has 2 saturated heterocycles. The Kier molecular flexibility index (Phi) is 3.63. The van der Waals surface area contributed by atoms with Crippen LogP contribution >= 0.6 is 0 Å². The molecule has 3 aliphatic heterocycles. The SMILES string of the molecule is [2H]c1c([2H])c(OCc2c([2H])c(CN3CCOCC3)c([2H])c([2H])c2F)c2c(c1[2H])C(=O)N(C1([2H])C(=O)NC(=O)C([2H])([2H])C1([2H])[2H])C2. The number of imide groups is 1. The van der Waals surface area contributed by atoms with Crippen molar-refractivity contribution in [3.63, 3.8) is 0 Å². The molecule has 3 aliphatic rings. The first-order valence-corrected chi connectivity index (χ1v) is 10.4. The van der Waals surface area contributed by atoms with Crippen molar-refractivity contribution < 1.29 is 43.3 Å². The third-order valence-corrected chi connectivity index (χ3v) is 5.46. The van der Waals surface area contributed by atoms with Gasteiger partial charge in [-0.3, -0.25) is 24.6 Å². The zero-order valence-corrected chi connectivity index (χ0v) is 17.8. The second-order valence-corrected chi connectivity index (χ2v) is 7.65. The molecule has 0 saturated carbocycles. The number of halogens is 1. The second kappa shape index (κ2) is 9.52. The van der Waals surface area contributed by atoms with Gasteiger partial charge in [-0.15, -0.1) is 0 Å². The van der Waals surface area contributed by atoms with Gasteiger partial charge < -0.3 is 14.4 Å². The lowest BCUT2D eigenvalue weighted by molar-refractivity contribution is -0.136. The van der Waals surface area contributed by atoms with E-state index < -0.39 is 109 Å². The highest BCUT2D eigenvalue weighted by Crippen LogP contribution is 2.34. The molecule has 0 spiro atoms. The van der Waals surface area contributed by atoms with Crippen LogP contribution in [0.2, 0.25) is 0 Å². The van der Waals surface area contributed by atoms with Crippen molar-refractivity contribution in [3.05, 3.63) is 64.3 Å². The lowest BCUT2D eigenvalue weighted by atomic mass is 10.0. The lowest BCUT2D eigenvalue weighted by Crippen LogP contribution is -2.52. The van der Waals surface area contributed by atoms with E-state index >= 15 is 4.39 Å². The van der Waals surface area contributed by atoms with Crippen LogP contribution in [0.5, 0.6) is 5.75 Å². The van der Waals surface area contributed by atoms with Crippen molar-refractivity contribution in [2.24, 2.45) is 0 Å². The molecule has 3 heterocycles. The molecule has 0 aromatic heterocycles. The minimum absolute atomic E-state index is 0.0350. The Bertz CT molecular complexity index is 1650. The lowest BCUT2D eigenvalue weighted by Gasteiger charge is -2.29. The Balaban J connectivity index is 1.55. The normalized spacial score (nSPS) is 30.7. The van der Waals surface area contributed by atoms with Gasteiger partial charge in [0.15, 0.2) is 0 Å². The van der Waals surface area contributed by atoms with Crippen LogP contribution in [-0.4, -0.2) is 59.8 Å². The number of hydrogen-bond donors (Lipinski definition) is 1. The Morgan fingerprint density at radius 3 is 2.88 bits per heavy atom. The fourth-order valence-electron chi connectivity index (χ4n) is 3.75. The van der Waals surface area contributed by atoms with Gasteiger partial charge in [-0.05, 0) is 36.1 Å². The molecule has 1 N–H and O–H groups in total. The molecule has 2 aromatic rings. The summed E-state index contributed by atoms with van der Waals surface area (Å²) in [4.78, 5) is 40.6. The van der Waals surface area contributed by atoms with Crippen LogP contribution in [0.3, 0.4) is 0 Å². The van der Waals surface area contributed by atoms with E-state index in [0.717, 1.165) is 0 Å². The molecule has 2 fully saturated rings. The van der Waals surface area contributed by atoms with Gasteiger partial charge in [0, 0.05) is 48.2 Å². The molecule has 2 aromatic carbocycles. The van der Waals surface area contributed by atoms with Crippen molar-refractivity contribution in [3.8, 4) is 5.75 Å². The number of amides is 3. The van der Waals surface area contributed by atoms with Crippen LogP contribution in [0.1, 0.15) is 54.9 Å². The number of piperidine rings is 1. The summed E-state index contributed by atoms with van der Waals surface area (Å²) in [6.07, 6.45) is -7.07. The first-order chi connectivity index (χ1) is 20.9. The second-order valence-electron chi connectivity index (χ2n) is 7.65. The molecule has 5 rings (SSSR count). The van der Waals surface area contributed by atoms with E-state index in [0.29, 0.717) is 26.3 Å². The summed E-state index contributed by atoms with van der Waals surface area (Å²) in [6, 6.07) is -7.59. The molecule has 1 atom stereocenters. The number of carbonyl (C=O) groups excluding carboxylic acids is 3. The van der Waals surface area contributed by atoms with E-state index in [1.165, 1.54) is 0 Å². The van der Waals surface area contributed by atoms with Crippen LogP contribution in [0.4, 0.5) is 4.39 Å². The predicted molar refractivity (Wildman–Crippen MR) is 119 cm³/mol. The first kappa shape index (κ1) is 13.0. The molecule has 0 bridgehead atoms. The van der Waals surface area contributed by atoms with Crippen molar-refractivity contribution >= 4 is 17.7 Å². The van der Waals surface area contributed by atoms with E-state index in [-0.39, 0.29) is 22.6 Å². The molecule has 3 amide bonds. The van der Waals surface area contributed by atoms with Crippen molar-refractivity contribution in [2.45, 2.75) is 38.5 Å². The third-order valence-electron chi connectivity index (χ3n) is 5.46. The van der Waals surface area contributed by atoms with Crippen molar-refractivity contribution in [2.75, 3.05) is 26.3 Å².